The Labute approximate surface area is 146 Å². The van der Waals surface area contributed by atoms with Crippen LogP contribution in [0.5, 0.6) is 0 Å². The van der Waals surface area contributed by atoms with Crippen LogP contribution in [-0.2, 0) is 9.53 Å². The second-order valence-electron chi connectivity index (χ2n) is 5.48. The Morgan fingerprint density at radius 1 is 1.08 bits per heavy atom. The van der Waals surface area contributed by atoms with Gasteiger partial charge in [-0.15, -0.1) is 0 Å². The van der Waals surface area contributed by atoms with E-state index in [9.17, 15) is 4.79 Å². The smallest absolute Gasteiger partial charge is 0.319 e. The Morgan fingerprint density at radius 3 is 2.50 bits per heavy atom. The summed E-state index contributed by atoms with van der Waals surface area (Å²) in [5, 5.41) is 2.03. The van der Waals surface area contributed by atoms with Crippen LogP contribution in [0.1, 0.15) is 20.3 Å². The molecule has 24 heavy (non-hydrogen) atoms. The molecule has 3 rings (SSSR count). The molecule has 0 saturated heterocycles. The van der Waals surface area contributed by atoms with Crippen LogP contribution in [0.2, 0.25) is 0 Å². The van der Waals surface area contributed by atoms with Crippen molar-refractivity contribution < 1.29 is 9.53 Å². The lowest BCUT2D eigenvalue weighted by atomic mass is 10.2. The van der Waals surface area contributed by atoms with Gasteiger partial charge in [-0.25, -0.2) is 0 Å². The summed E-state index contributed by atoms with van der Waals surface area (Å²) in [6, 6.07) is 20.7. The lowest BCUT2D eigenvalue weighted by molar-refractivity contribution is -0.142. The topological polar surface area (TPSA) is 31.2 Å². The van der Waals surface area contributed by atoms with Crippen molar-refractivity contribution in [2.24, 2.45) is 0 Å². The highest BCUT2D eigenvalue weighted by molar-refractivity contribution is 8.00. The van der Waals surface area contributed by atoms with Gasteiger partial charge in [0.2, 0.25) is 0 Å². The summed E-state index contributed by atoms with van der Waals surface area (Å²) < 4.78 is 7.43. The average Bonchev–Trinajstić information content (AvgIpc) is 2.98. The monoisotopic (exact) mass is 339 g/mol. The molecule has 1 atom stereocenters. The maximum atomic E-state index is 12.2. The summed E-state index contributed by atoms with van der Waals surface area (Å²) >= 11 is 1.57. The third-order valence-corrected chi connectivity index (χ3v) is 5.23. The number of nitrogens with zero attached hydrogens (tertiary/aromatic N) is 1. The van der Waals surface area contributed by atoms with E-state index < -0.39 is 0 Å². The summed E-state index contributed by atoms with van der Waals surface area (Å²) in [6.45, 7) is 4.28. The molecule has 0 bridgehead atoms. The summed E-state index contributed by atoms with van der Waals surface area (Å²) in [6.07, 6.45) is 0.736. The molecule has 0 fully saturated rings. The molecular formula is C20H21NO2S. The highest BCUT2D eigenvalue weighted by Gasteiger charge is 2.22. The molecule has 0 aliphatic heterocycles. The number of hydrogen-bond donors (Lipinski definition) is 0. The predicted octanol–water partition coefficient (Wildman–Crippen LogP) is 5.06. The van der Waals surface area contributed by atoms with Crippen molar-refractivity contribution in [1.29, 1.82) is 0 Å². The van der Waals surface area contributed by atoms with E-state index in [2.05, 4.69) is 34.9 Å². The first-order valence-corrected chi connectivity index (χ1v) is 9.11. The van der Waals surface area contributed by atoms with Crippen molar-refractivity contribution in [2.45, 2.75) is 30.5 Å². The van der Waals surface area contributed by atoms with E-state index in [1.165, 1.54) is 5.39 Å². The summed E-state index contributed by atoms with van der Waals surface area (Å²) in [7, 11) is 0. The second kappa shape index (κ2) is 7.58. The van der Waals surface area contributed by atoms with Gasteiger partial charge >= 0.3 is 5.97 Å². The van der Waals surface area contributed by atoms with Gasteiger partial charge in [0.15, 0.2) is 0 Å². The normalized spacial score (nSPS) is 12.2. The molecule has 2 aromatic carbocycles. The van der Waals surface area contributed by atoms with Gasteiger partial charge in [0, 0.05) is 11.1 Å². The Morgan fingerprint density at radius 2 is 1.79 bits per heavy atom. The number of hydrogen-bond acceptors (Lipinski definition) is 3. The van der Waals surface area contributed by atoms with Gasteiger partial charge in [-0.3, -0.25) is 4.79 Å². The number of benzene rings is 2. The molecule has 0 amide bonds. The Bertz CT molecular complexity index is 826. The molecule has 0 saturated carbocycles. The van der Waals surface area contributed by atoms with Gasteiger partial charge in [0.1, 0.15) is 5.25 Å². The third-order valence-electron chi connectivity index (χ3n) is 3.87. The number of aromatic nitrogens is 1. The molecule has 0 aliphatic rings. The van der Waals surface area contributed by atoms with E-state index >= 15 is 0 Å². The first-order valence-electron chi connectivity index (χ1n) is 8.23. The molecule has 4 heteroatoms. The van der Waals surface area contributed by atoms with Crippen molar-refractivity contribution in [3.05, 3.63) is 60.7 Å². The van der Waals surface area contributed by atoms with Crippen molar-refractivity contribution in [1.82, 2.24) is 4.57 Å². The van der Waals surface area contributed by atoms with Crippen LogP contribution < -0.4 is 0 Å². The van der Waals surface area contributed by atoms with Crippen LogP contribution >= 0.6 is 11.8 Å². The maximum absolute atomic E-state index is 12.2. The van der Waals surface area contributed by atoms with Gasteiger partial charge in [-0.2, -0.15) is 0 Å². The minimum Gasteiger partial charge on any atom is -0.465 e. The molecule has 0 aliphatic carbocycles. The fourth-order valence-electron chi connectivity index (χ4n) is 2.74. The number of carbonyl (C=O) groups excluding carboxylic acids is 1. The fourth-order valence-corrected chi connectivity index (χ4v) is 3.87. The van der Waals surface area contributed by atoms with E-state index in [4.69, 9.17) is 4.74 Å². The molecular weight excluding hydrogens is 318 g/mol. The molecule has 3 aromatic rings. The summed E-state index contributed by atoms with van der Waals surface area (Å²) in [4.78, 5) is 12.2. The minimum atomic E-state index is -0.197. The van der Waals surface area contributed by atoms with Crippen LogP contribution in [0.15, 0.2) is 65.7 Å². The van der Waals surface area contributed by atoms with Crippen molar-refractivity contribution >= 4 is 28.6 Å². The number of ether oxygens (including phenoxy) is 1. The SMILES string of the molecule is CCOC(=O)C(CC)Sc1cc2ccccc2n1-c1ccccc1. The van der Waals surface area contributed by atoms with Gasteiger partial charge < -0.3 is 9.30 Å². The summed E-state index contributed by atoms with van der Waals surface area (Å²) in [5.41, 5.74) is 2.24. The zero-order valence-corrected chi connectivity index (χ0v) is 14.8. The molecule has 1 aromatic heterocycles. The van der Waals surface area contributed by atoms with E-state index in [-0.39, 0.29) is 11.2 Å². The molecule has 0 N–H and O–H groups in total. The largest absolute Gasteiger partial charge is 0.465 e. The average molecular weight is 339 g/mol. The third kappa shape index (κ3) is 3.34. The zero-order valence-electron chi connectivity index (χ0n) is 13.9. The van der Waals surface area contributed by atoms with Crippen LogP contribution in [-0.4, -0.2) is 22.4 Å². The molecule has 124 valence electrons. The molecule has 1 heterocycles. The van der Waals surface area contributed by atoms with Gasteiger partial charge in [0.05, 0.1) is 17.1 Å². The standard InChI is InChI=1S/C20H21NO2S/c1-3-18(20(22)23-4-2)24-19-14-15-10-8-9-13-17(15)21(19)16-11-6-5-7-12-16/h5-14,18H,3-4H2,1-2H3. The van der Waals surface area contributed by atoms with Crippen LogP contribution in [0.3, 0.4) is 0 Å². The molecule has 0 spiro atoms. The van der Waals surface area contributed by atoms with Crippen LogP contribution in [0.25, 0.3) is 16.6 Å². The number of thioether (sulfide) groups is 1. The van der Waals surface area contributed by atoms with E-state index in [0.29, 0.717) is 6.61 Å². The quantitative estimate of drug-likeness (QED) is 0.464. The number of para-hydroxylation sites is 2. The van der Waals surface area contributed by atoms with Gasteiger partial charge in [-0.05, 0) is 37.6 Å². The highest BCUT2D eigenvalue weighted by Crippen LogP contribution is 2.34. The summed E-state index contributed by atoms with van der Waals surface area (Å²) in [5.74, 6) is -0.144. The number of rotatable bonds is 6. The van der Waals surface area contributed by atoms with Crippen LogP contribution in [0.4, 0.5) is 0 Å². The number of fused-ring (bicyclic) bond motifs is 1. The van der Waals surface area contributed by atoms with Crippen molar-refractivity contribution in [3.63, 3.8) is 0 Å². The number of carbonyl (C=O) groups is 1. The lowest BCUT2D eigenvalue weighted by Crippen LogP contribution is -2.19. The Balaban J connectivity index is 2.05. The van der Waals surface area contributed by atoms with Gasteiger partial charge in [-0.1, -0.05) is 55.1 Å². The molecule has 1 unspecified atom stereocenters. The zero-order chi connectivity index (χ0) is 16.9. The molecule has 0 radical (unpaired) electrons. The van der Waals surface area contributed by atoms with Gasteiger partial charge in [0.25, 0.3) is 0 Å². The minimum absolute atomic E-state index is 0.144. The molecule has 3 nitrogen and oxygen atoms in total. The Hall–Kier alpha value is -2.20. The first kappa shape index (κ1) is 16.7. The lowest BCUT2D eigenvalue weighted by Gasteiger charge is -2.15. The first-order chi connectivity index (χ1) is 11.7. The van der Waals surface area contributed by atoms with Crippen molar-refractivity contribution in [2.75, 3.05) is 6.61 Å². The van der Waals surface area contributed by atoms with Crippen LogP contribution in [0, 0.1) is 0 Å². The maximum Gasteiger partial charge on any atom is 0.319 e. The number of esters is 1. The van der Waals surface area contributed by atoms with E-state index in [0.717, 1.165) is 22.7 Å². The van der Waals surface area contributed by atoms with Crippen molar-refractivity contribution in [3.8, 4) is 5.69 Å². The van der Waals surface area contributed by atoms with E-state index in [1.807, 2.05) is 44.2 Å². The Kier molecular flexibility index (Phi) is 5.26. The predicted molar refractivity (Wildman–Crippen MR) is 99.8 cm³/mol. The fraction of sp³-hybridized carbons (Fsp3) is 0.250. The second-order valence-corrected chi connectivity index (χ2v) is 6.70. The van der Waals surface area contributed by atoms with E-state index in [1.54, 1.807) is 11.8 Å². The highest BCUT2D eigenvalue weighted by atomic mass is 32.2.